The number of sulfone groups is 1. The molecule has 0 saturated carbocycles. The minimum Gasteiger partial charge on any atom is -0.325 e. The van der Waals surface area contributed by atoms with Gasteiger partial charge in [0.1, 0.15) is 0 Å². The Morgan fingerprint density at radius 1 is 1.33 bits per heavy atom. The van der Waals surface area contributed by atoms with Crippen LogP contribution in [0, 0.1) is 6.92 Å². The molecule has 116 valence electrons. The molecule has 0 spiro atoms. The topological polar surface area (TPSA) is 78.5 Å². The van der Waals surface area contributed by atoms with Crippen molar-refractivity contribution in [2.24, 2.45) is 0 Å². The standard InChI is InChI=1S/C14H21N3O3S/c1-11-3-4-12(21(2,19)20)9-13(11)16-14(18)10-17-7-5-15-6-8-17/h3-4,9,15H,5-8,10H2,1-2H3,(H,16,18). The molecule has 1 aliphatic rings. The molecule has 1 heterocycles. The predicted molar refractivity (Wildman–Crippen MR) is 82.2 cm³/mol. The SMILES string of the molecule is Cc1ccc(S(C)(=O)=O)cc1NC(=O)CN1CCNCC1. The van der Waals surface area contributed by atoms with Crippen LogP contribution >= 0.6 is 0 Å². The van der Waals surface area contributed by atoms with Gasteiger partial charge in [0.15, 0.2) is 9.84 Å². The fraction of sp³-hybridized carbons (Fsp3) is 0.500. The van der Waals surface area contributed by atoms with E-state index in [4.69, 9.17) is 0 Å². The van der Waals surface area contributed by atoms with Gasteiger partial charge in [0.05, 0.1) is 11.4 Å². The smallest absolute Gasteiger partial charge is 0.238 e. The first-order valence-electron chi connectivity index (χ1n) is 6.90. The molecule has 1 aliphatic heterocycles. The second-order valence-corrected chi connectivity index (χ2v) is 7.34. The van der Waals surface area contributed by atoms with Crippen molar-refractivity contribution in [2.45, 2.75) is 11.8 Å². The van der Waals surface area contributed by atoms with Gasteiger partial charge in [-0.05, 0) is 24.6 Å². The first-order valence-corrected chi connectivity index (χ1v) is 8.79. The van der Waals surface area contributed by atoms with Crippen LogP contribution in [0.3, 0.4) is 0 Å². The molecule has 2 rings (SSSR count). The molecule has 0 radical (unpaired) electrons. The van der Waals surface area contributed by atoms with E-state index in [2.05, 4.69) is 15.5 Å². The van der Waals surface area contributed by atoms with E-state index in [1.165, 1.54) is 6.07 Å². The van der Waals surface area contributed by atoms with Crippen molar-refractivity contribution < 1.29 is 13.2 Å². The van der Waals surface area contributed by atoms with Crippen LogP contribution in [-0.2, 0) is 14.6 Å². The zero-order valence-corrected chi connectivity index (χ0v) is 13.2. The lowest BCUT2D eigenvalue weighted by molar-refractivity contribution is -0.117. The van der Waals surface area contributed by atoms with Crippen molar-refractivity contribution in [3.63, 3.8) is 0 Å². The lowest BCUT2D eigenvalue weighted by Gasteiger charge is -2.26. The summed E-state index contributed by atoms with van der Waals surface area (Å²) in [7, 11) is -3.28. The van der Waals surface area contributed by atoms with Crippen LogP contribution < -0.4 is 10.6 Å². The van der Waals surface area contributed by atoms with E-state index >= 15 is 0 Å². The van der Waals surface area contributed by atoms with Gasteiger partial charge in [0, 0.05) is 38.1 Å². The Labute approximate surface area is 125 Å². The number of nitrogens with zero attached hydrogens (tertiary/aromatic N) is 1. The van der Waals surface area contributed by atoms with Crippen LogP contribution in [0.5, 0.6) is 0 Å². The fourth-order valence-electron chi connectivity index (χ4n) is 2.23. The zero-order chi connectivity index (χ0) is 15.5. The monoisotopic (exact) mass is 311 g/mol. The van der Waals surface area contributed by atoms with Crippen molar-refractivity contribution in [3.8, 4) is 0 Å². The zero-order valence-electron chi connectivity index (χ0n) is 12.3. The van der Waals surface area contributed by atoms with Crippen LogP contribution in [0.15, 0.2) is 23.1 Å². The molecule has 1 saturated heterocycles. The summed E-state index contributed by atoms with van der Waals surface area (Å²) < 4.78 is 23.1. The van der Waals surface area contributed by atoms with Crippen molar-refractivity contribution in [1.82, 2.24) is 10.2 Å². The lowest BCUT2D eigenvalue weighted by atomic mass is 10.2. The fourth-order valence-corrected chi connectivity index (χ4v) is 2.88. The van der Waals surface area contributed by atoms with E-state index in [1.807, 2.05) is 6.92 Å². The van der Waals surface area contributed by atoms with E-state index in [0.717, 1.165) is 38.0 Å². The molecule has 1 aromatic rings. The number of anilines is 1. The predicted octanol–water partition coefficient (Wildman–Crippen LogP) is 0.242. The average molecular weight is 311 g/mol. The molecule has 6 nitrogen and oxygen atoms in total. The largest absolute Gasteiger partial charge is 0.325 e. The maximum Gasteiger partial charge on any atom is 0.238 e. The highest BCUT2D eigenvalue weighted by molar-refractivity contribution is 7.90. The van der Waals surface area contributed by atoms with E-state index in [1.54, 1.807) is 12.1 Å². The van der Waals surface area contributed by atoms with E-state index < -0.39 is 9.84 Å². The van der Waals surface area contributed by atoms with Crippen LogP contribution in [0.2, 0.25) is 0 Å². The third-order valence-corrected chi connectivity index (χ3v) is 4.60. The number of rotatable bonds is 4. The number of hydrogen-bond acceptors (Lipinski definition) is 5. The Kier molecular flexibility index (Phi) is 4.97. The number of carbonyl (C=O) groups is 1. The molecule has 1 amide bonds. The molecule has 7 heteroatoms. The number of carbonyl (C=O) groups excluding carboxylic acids is 1. The number of piperazine rings is 1. The van der Waals surface area contributed by atoms with Crippen molar-refractivity contribution >= 4 is 21.4 Å². The first-order chi connectivity index (χ1) is 9.86. The second kappa shape index (κ2) is 6.55. The first kappa shape index (κ1) is 15.9. The molecule has 0 aliphatic carbocycles. The van der Waals surface area contributed by atoms with Crippen molar-refractivity contribution in [3.05, 3.63) is 23.8 Å². The quantitative estimate of drug-likeness (QED) is 0.833. The average Bonchev–Trinajstić information content (AvgIpc) is 2.41. The van der Waals surface area contributed by atoms with E-state index in [0.29, 0.717) is 12.2 Å². The molecule has 21 heavy (non-hydrogen) atoms. The van der Waals surface area contributed by atoms with Gasteiger partial charge in [-0.25, -0.2) is 8.42 Å². The van der Waals surface area contributed by atoms with Gasteiger partial charge in [-0.15, -0.1) is 0 Å². The summed E-state index contributed by atoms with van der Waals surface area (Å²) in [5.74, 6) is -0.120. The summed E-state index contributed by atoms with van der Waals surface area (Å²) in [4.78, 5) is 14.4. The normalized spacial score (nSPS) is 16.7. The third kappa shape index (κ3) is 4.52. The molecular weight excluding hydrogens is 290 g/mol. The highest BCUT2D eigenvalue weighted by Crippen LogP contribution is 2.20. The maximum absolute atomic E-state index is 12.1. The lowest BCUT2D eigenvalue weighted by Crippen LogP contribution is -2.46. The highest BCUT2D eigenvalue weighted by Gasteiger charge is 2.15. The van der Waals surface area contributed by atoms with Gasteiger partial charge in [0.2, 0.25) is 5.91 Å². The number of amides is 1. The molecule has 0 unspecified atom stereocenters. The number of benzene rings is 1. The Balaban J connectivity index is 2.06. The minimum absolute atomic E-state index is 0.120. The Morgan fingerprint density at radius 3 is 2.62 bits per heavy atom. The Bertz CT molecular complexity index is 622. The van der Waals surface area contributed by atoms with Gasteiger partial charge in [0.25, 0.3) is 0 Å². The molecular formula is C14H21N3O3S. The van der Waals surface area contributed by atoms with Crippen LogP contribution in [0.25, 0.3) is 0 Å². The van der Waals surface area contributed by atoms with Gasteiger partial charge in [-0.2, -0.15) is 0 Å². The highest BCUT2D eigenvalue weighted by atomic mass is 32.2. The van der Waals surface area contributed by atoms with Crippen molar-refractivity contribution in [2.75, 3.05) is 44.3 Å². The number of hydrogen-bond donors (Lipinski definition) is 2. The Hall–Kier alpha value is -1.44. The van der Waals surface area contributed by atoms with Gasteiger partial charge < -0.3 is 10.6 Å². The molecule has 1 aromatic carbocycles. The van der Waals surface area contributed by atoms with Gasteiger partial charge in [-0.1, -0.05) is 6.07 Å². The van der Waals surface area contributed by atoms with E-state index in [9.17, 15) is 13.2 Å². The number of aryl methyl sites for hydroxylation is 1. The number of nitrogens with one attached hydrogen (secondary N) is 2. The summed E-state index contributed by atoms with van der Waals surface area (Å²) in [6.45, 7) is 5.62. The second-order valence-electron chi connectivity index (χ2n) is 5.32. The maximum atomic E-state index is 12.1. The minimum atomic E-state index is -3.28. The Morgan fingerprint density at radius 2 is 2.00 bits per heavy atom. The summed E-state index contributed by atoms with van der Waals surface area (Å²) in [6.07, 6.45) is 1.16. The molecule has 0 atom stereocenters. The molecule has 0 bridgehead atoms. The summed E-state index contributed by atoms with van der Waals surface area (Å²) in [6, 6.07) is 4.77. The molecule has 2 N–H and O–H groups in total. The molecule has 1 fully saturated rings. The van der Waals surface area contributed by atoms with Crippen molar-refractivity contribution in [1.29, 1.82) is 0 Å². The van der Waals surface area contributed by atoms with Crippen LogP contribution in [-0.4, -0.2) is 58.2 Å². The summed E-state index contributed by atoms with van der Waals surface area (Å²) in [5.41, 5.74) is 1.40. The van der Waals surface area contributed by atoms with Crippen LogP contribution in [0.4, 0.5) is 5.69 Å². The third-order valence-electron chi connectivity index (χ3n) is 3.49. The summed E-state index contributed by atoms with van der Waals surface area (Å²) >= 11 is 0. The van der Waals surface area contributed by atoms with Gasteiger partial charge in [-0.3, -0.25) is 9.69 Å². The molecule has 0 aromatic heterocycles. The van der Waals surface area contributed by atoms with E-state index in [-0.39, 0.29) is 10.8 Å². The summed E-state index contributed by atoms with van der Waals surface area (Å²) in [5, 5.41) is 6.04. The van der Waals surface area contributed by atoms with Gasteiger partial charge >= 0.3 is 0 Å². The van der Waals surface area contributed by atoms with Crippen LogP contribution in [0.1, 0.15) is 5.56 Å².